The van der Waals surface area contributed by atoms with Gasteiger partial charge in [-0.15, -0.1) is 11.3 Å². The van der Waals surface area contributed by atoms with Gasteiger partial charge in [0.1, 0.15) is 0 Å². The van der Waals surface area contributed by atoms with E-state index in [0.717, 1.165) is 34.6 Å². The Morgan fingerprint density at radius 1 is 1.30 bits per heavy atom. The number of para-hydroxylation sites is 1. The van der Waals surface area contributed by atoms with E-state index in [4.69, 9.17) is 9.47 Å². The van der Waals surface area contributed by atoms with Crippen LogP contribution in [0.4, 0.5) is 0 Å². The summed E-state index contributed by atoms with van der Waals surface area (Å²) in [5.74, 6) is 1.61. The van der Waals surface area contributed by atoms with Crippen LogP contribution in [0.15, 0.2) is 34.1 Å². The van der Waals surface area contributed by atoms with Gasteiger partial charge in [0.15, 0.2) is 11.5 Å². The Kier molecular flexibility index (Phi) is 5.88. The number of hydrogen-bond donors (Lipinski definition) is 1. The van der Waals surface area contributed by atoms with Crippen molar-refractivity contribution in [2.24, 2.45) is 0 Å². The summed E-state index contributed by atoms with van der Waals surface area (Å²) in [6, 6.07) is 8.11. The topological polar surface area (TPSA) is 30.5 Å². The molecule has 2 rings (SSSR count). The van der Waals surface area contributed by atoms with E-state index in [2.05, 4.69) is 38.8 Å². The number of halogens is 1. The molecule has 0 aliphatic heterocycles. The van der Waals surface area contributed by atoms with Gasteiger partial charge in [-0.3, -0.25) is 0 Å². The molecule has 5 heteroatoms. The number of nitrogens with one attached hydrogen (secondary N) is 1. The van der Waals surface area contributed by atoms with Crippen molar-refractivity contribution < 1.29 is 9.47 Å². The van der Waals surface area contributed by atoms with Crippen LogP contribution in [0.2, 0.25) is 0 Å². The predicted molar refractivity (Wildman–Crippen MR) is 86.7 cm³/mol. The van der Waals surface area contributed by atoms with E-state index in [1.165, 1.54) is 4.88 Å². The van der Waals surface area contributed by atoms with Crippen LogP contribution in [0.3, 0.4) is 0 Å². The van der Waals surface area contributed by atoms with Crippen molar-refractivity contribution in [1.29, 1.82) is 0 Å². The fraction of sp³-hybridized carbons (Fsp3) is 0.333. The van der Waals surface area contributed by atoms with Gasteiger partial charge in [-0.2, -0.15) is 0 Å². The van der Waals surface area contributed by atoms with Crippen molar-refractivity contribution in [2.75, 3.05) is 13.7 Å². The first kappa shape index (κ1) is 15.4. The van der Waals surface area contributed by atoms with Crippen molar-refractivity contribution in [3.05, 3.63) is 44.6 Å². The second-order valence-electron chi connectivity index (χ2n) is 4.22. The second-order valence-corrected chi connectivity index (χ2v) is 6.13. The Balaban J connectivity index is 1.99. The maximum absolute atomic E-state index is 5.58. The van der Waals surface area contributed by atoms with Gasteiger partial charge in [-0.1, -0.05) is 12.1 Å². The van der Waals surface area contributed by atoms with Gasteiger partial charge < -0.3 is 14.8 Å². The average molecular weight is 356 g/mol. The van der Waals surface area contributed by atoms with Crippen molar-refractivity contribution in [3.63, 3.8) is 0 Å². The lowest BCUT2D eigenvalue weighted by molar-refractivity contribution is 0.308. The Morgan fingerprint density at radius 3 is 2.80 bits per heavy atom. The summed E-state index contributed by atoms with van der Waals surface area (Å²) in [6.07, 6.45) is 0. The number of ether oxygens (including phenoxy) is 2. The first-order chi connectivity index (χ1) is 9.74. The van der Waals surface area contributed by atoms with Crippen molar-refractivity contribution in [2.45, 2.75) is 20.0 Å². The first-order valence-corrected chi connectivity index (χ1v) is 8.14. The number of methoxy groups -OCH3 is 1. The Bertz CT molecular complexity index is 557. The molecule has 0 unspecified atom stereocenters. The normalized spacial score (nSPS) is 10.6. The average Bonchev–Trinajstić information content (AvgIpc) is 2.85. The molecule has 20 heavy (non-hydrogen) atoms. The Hall–Kier alpha value is -1.04. The third-order valence-corrected chi connectivity index (χ3v) is 4.50. The van der Waals surface area contributed by atoms with Crippen LogP contribution in [0, 0.1) is 0 Å². The molecule has 0 radical (unpaired) electrons. The molecule has 0 aliphatic rings. The van der Waals surface area contributed by atoms with E-state index in [1.54, 1.807) is 18.4 Å². The van der Waals surface area contributed by atoms with Crippen LogP contribution in [0.25, 0.3) is 0 Å². The molecule has 2 aromatic rings. The van der Waals surface area contributed by atoms with Crippen molar-refractivity contribution in [3.8, 4) is 11.5 Å². The zero-order valence-corrected chi connectivity index (χ0v) is 14.0. The number of hydrogen-bond acceptors (Lipinski definition) is 4. The van der Waals surface area contributed by atoms with E-state index >= 15 is 0 Å². The number of thiophene rings is 1. The van der Waals surface area contributed by atoms with E-state index in [0.29, 0.717) is 6.61 Å². The summed E-state index contributed by atoms with van der Waals surface area (Å²) in [4.78, 5) is 1.30. The third-order valence-electron chi connectivity index (χ3n) is 2.80. The van der Waals surface area contributed by atoms with Gasteiger partial charge in [0.05, 0.1) is 13.7 Å². The van der Waals surface area contributed by atoms with Crippen LogP contribution in [0.5, 0.6) is 11.5 Å². The molecule has 1 aromatic carbocycles. The maximum atomic E-state index is 5.58. The molecule has 0 fully saturated rings. The standard InChI is InChI=1S/C15H18BrNO2S/c1-3-19-14-6-4-5-11(15(14)18-2)8-17-9-13-7-12(16)10-20-13/h4-7,10,17H,3,8-9H2,1-2H3. The molecular formula is C15H18BrNO2S. The molecule has 1 aromatic heterocycles. The van der Waals surface area contributed by atoms with E-state index < -0.39 is 0 Å². The highest BCUT2D eigenvalue weighted by Crippen LogP contribution is 2.31. The first-order valence-electron chi connectivity index (χ1n) is 6.47. The van der Waals surface area contributed by atoms with Crippen LogP contribution in [-0.2, 0) is 13.1 Å². The molecule has 0 bridgehead atoms. The molecule has 0 amide bonds. The summed E-state index contributed by atoms with van der Waals surface area (Å²) < 4.78 is 12.2. The SMILES string of the molecule is CCOc1cccc(CNCc2cc(Br)cs2)c1OC. The quantitative estimate of drug-likeness (QED) is 0.806. The van der Waals surface area contributed by atoms with Crippen LogP contribution < -0.4 is 14.8 Å². The number of benzene rings is 1. The summed E-state index contributed by atoms with van der Waals surface area (Å²) in [5, 5.41) is 5.52. The lowest BCUT2D eigenvalue weighted by Gasteiger charge is -2.14. The Morgan fingerprint density at radius 2 is 2.15 bits per heavy atom. The molecule has 3 nitrogen and oxygen atoms in total. The molecular weight excluding hydrogens is 338 g/mol. The van der Waals surface area contributed by atoms with Gasteiger partial charge in [0, 0.05) is 33.4 Å². The highest BCUT2D eigenvalue weighted by molar-refractivity contribution is 9.10. The predicted octanol–water partition coefficient (Wildman–Crippen LogP) is 4.21. The maximum Gasteiger partial charge on any atom is 0.165 e. The van der Waals surface area contributed by atoms with Crippen molar-refractivity contribution in [1.82, 2.24) is 5.32 Å². The molecule has 0 saturated heterocycles. The van der Waals surface area contributed by atoms with E-state index in [9.17, 15) is 0 Å². The molecule has 0 spiro atoms. The Labute approximate surface area is 132 Å². The molecule has 1 N–H and O–H groups in total. The smallest absolute Gasteiger partial charge is 0.165 e. The van der Waals surface area contributed by atoms with Gasteiger partial charge >= 0.3 is 0 Å². The van der Waals surface area contributed by atoms with Gasteiger partial charge in [0.25, 0.3) is 0 Å². The van der Waals surface area contributed by atoms with Crippen LogP contribution in [-0.4, -0.2) is 13.7 Å². The highest BCUT2D eigenvalue weighted by Gasteiger charge is 2.09. The zero-order valence-electron chi connectivity index (χ0n) is 11.6. The molecule has 0 aliphatic carbocycles. The van der Waals surface area contributed by atoms with Gasteiger partial charge in [-0.05, 0) is 35.0 Å². The summed E-state index contributed by atoms with van der Waals surface area (Å²) in [7, 11) is 1.68. The summed E-state index contributed by atoms with van der Waals surface area (Å²) in [5.41, 5.74) is 1.11. The largest absolute Gasteiger partial charge is 0.493 e. The molecule has 108 valence electrons. The summed E-state index contributed by atoms with van der Waals surface area (Å²) in [6.45, 7) is 4.20. The highest BCUT2D eigenvalue weighted by atomic mass is 79.9. The molecule has 1 heterocycles. The number of rotatable bonds is 7. The van der Waals surface area contributed by atoms with Crippen LogP contribution in [0.1, 0.15) is 17.4 Å². The van der Waals surface area contributed by atoms with Crippen molar-refractivity contribution >= 4 is 27.3 Å². The summed E-state index contributed by atoms with van der Waals surface area (Å²) >= 11 is 5.21. The lowest BCUT2D eigenvalue weighted by atomic mass is 10.2. The minimum absolute atomic E-state index is 0.635. The monoisotopic (exact) mass is 355 g/mol. The van der Waals surface area contributed by atoms with Gasteiger partial charge in [0.2, 0.25) is 0 Å². The van der Waals surface area contributed by atoms with E-state index in [1.807, 2.05) is 19.1 Å². The third kappa shape index (κ3) is 3.98. The molecule has 0 atom stereocenters. The van der Waals surface area contributed by atoms with Gasteiger partial charge in [-0.25, -0.2) is 0 Å². The minimum atomic E-state index is 0.635. The fourth-order valence-corrected chi connectivity index (χ4v) is 3.39. The zero-order chi connectivity index (χ0) is 14.4. The fourth-order valence-electron chi connectivity index (χ4n) is 1.97. The molecule has 0 saturated carbocycles. The minimum Gasteiger partial charge on any atom is -0.493 e. The van der Waals surface area contributed by atoms with Crippen LogP contribution >= 0.6 is 27.3 Å². The lowest BCUT2D eigenvalue weighted by Crippen LogP contribution is -2.13. The van der Waals surface area contributed by atoms with E-state index in [-0.39, 0.29) is 0 Å². The second kappa shape index (κ2) is 7.67.